The van der Waals surface area contributed by atoms with Gasteiger partial charge in [-0.15, -0.1) is 0 Å². The number of nitrogens with zero attached hydrogens (tertiary/aromatic N) is 1. The zero-order chi connectivity index (χ0) is 11.4. The molecule has 0 aliphatic heterocycles. The first-order valence-electron chi connectivity index (χ1n) is 6.20. The molecule has 1 aliphatic rings. The fraction of sp³-hybridized carbons (Fsp3) is 0.571. The van der Waals surface area contributed by atoms with Gasteiger partial charge in [-0.3, -0.25) is 9.78 Å². The molecule has 0 radical (unpaired) electrons. The molecule has 0 aromatic carbocycles. The van der Waals surface area contributed by atoms with Crippen molar-refractivity contribution in [3.8, 4) is 0 Å². The zero-order valence-corrected chi connectivity index (χ0v) is 9.91. The van der Waals surface area contributed by atoms with E-state index in [0.29, 0.717) is 5.78 Å². The van der Waals surface area contributed by atoms with E-state index in [1.807, 2.05) is 12.3 Å². The maximum Gasteiger partial charge on any atom is 0.136 e. The molecule has 1 aromatic rings. The molecule has 1 unspecified atom stereocenters. The van der Waals surface area contributed by atoms with E-state index in [4.69, 9.17) is 0 Å². The van der Waals surface area contributed by atoms with Crippen LogP contribution in [-0.4, -0.2) is 10.8 Å². The van der Waals surface area contributed by atoms with Crippen LogP contribution in [0.4, 0.5) is 0 Å². The summed E-state index contributed by atoms with van der Waals surface area (Å²) >= 11 is 0. The standard InChI is InChI=1S/C14H19NO/c1-11-6-5-9-15-13(11)10-12-7-3-2-4-8-14(12)16/h5-6,9,12H,2-4,7-8,10H2,1H3. The molecule has 1 aliphatic carbocycles. The van der Waals surface area contributed by atoms with Crippen LogP contribution in [0.2, 0.25) is 0 Å². The minimum atomic E-state index is 0.219. The molecule has 86 valence electrons. The molecule has 0 saturated heterocycles. The summed E-state index contributed by atoms with van der Waals surface area (Å²) in [5, 5.41) is 0. The number of rotatable bonds is 2. The van der Waals surface area contributed by atoms with E-state index >= 15 is 0 Å². The average Bonchev–Trinajstić information content (AvgIpc) is 2.48. The van der Waals surface area contributed by atoms with Gasteiger partial charge >= 0.3 is 0 Å². The first-order chi connectivity index (χ1) is 7.77. The van der Waals surface area contributed by atoms with Crippen LogP contribution in [0.3, 0.4) is 0 Å². The predicted molar refractivity (Wildman–Crippen MR) is 64.3 cm³/mol. The first kappa shape index (κ1) is 11.3. The molecule has 2 rings (SSSR count). The van der Waals surface area contributed by atoms with E-state index in [2.05, 4.69) is 18.0 Å². The van der Waals surface area contributed by atoms with Crippen LogP contribution < -0.4 is 0 Å². The van der Waals surface area contributed by atoms with Gasteiger partial charge in [-0.25, -0.2) is 0 Å². The summed E-state index contributed by atoms with van der Waals surface area (Å²) in [5.41, 5.74) is 2.31. The lowest BCUT2D eigenvalue weighted by Gasteiger charge is -2.13. The maximum atomic E-state index is 11.9. The molecule has 16 heavy (non-hydrogen) atoms. The van der Waals surface area contributed by atoms with Crippen LogP contribution in [-0.2, 0) is 11.2 Å². The number of hydrogen-bond acceptors (Lipinski definition) is 2. The number of pyridine rings is 1. The molecule has 0 bridgehead atoms. The number of carbonyl (C=O) groups excluding carboxylic acids is 1. The second-order valence-corrected chi connectivity index (χ2v) is 4.73. The zero-order valence-electron chi connectivity index (χ0n) is 9.91. The number of aryl methyl sites for hydroxylation is 1. The Morgan fingerprint density at radius 2 is 2.25 bits per heavy atom. The van der Waals surface area contributed by atoms with Gasteiger partial charge in [-0.05, 0) is 37.8 Å². The number of hydrogen-bond donors (Lipinski definition) is 0. The van der Waals surface area contributed by atoms with Gasteiger partial charge in [0, 0.05) is 24.2 Å². The third kappa shape index (κ3) is 2.69. The van der Waals surface area contributed by atoms with Crippen LogP contribution in [0, 0.1) is 12.8 Å². The summed E-state index contributed by atoms with van der Waals surface area (Å²) in [4.78, 5) is 16.3. The summed E-state index contributed by atoms with van der Waals surface area (Å²) in [6, 6.07) is 4.03. The fourth-order valence-electron chi connectivity index (χ4n) is 2.41. The van der Waals surface area contributed by atoms with Crippen LogP contribution in [0.25, 0.3) is 0 Å². The third-order valence-electron chi connectivity index (χ3n) is 3.49. The van der Waals surface area contributed by atoms with Crippen molar-refractivity contribution >= 4 is 5.78 Å². The Morgan fingerprint density at radius 3 is 3.06 bits per heavy atom. The molecule has 1 heterocycles. The quantitative estimate of drug-likeness (QED) is 0.712. The SMILES string of the molecule is Cc1cccnc1CC1CCCCCC1=O. The Labute approximate surface area is 97.1 Å². The Balaban J connectivity index is 2.08. The summed E-state index contributed by atoms with van der Waals surface area (Å²) < 4.78 is 0. The van der Waals surface area contributed by atoms with Gasteiger partial charge < -0.3 is 0 Å². The van der Waals surface area contributed by atoms with Crippen molar-refractivity contribution in [2.45, 2.75) is 45.4 Å². The smallest absolute Gasteiger partial charge is 0.136 e. The highest BCUT2D eigenvalue weighted by Gasteiger charge is 2.21. The number of carbonyl (C=O) groups is 1. The lowest BCUT2D eigenvalue weighted by molar-refractivity contribution is -0.122. The predicted octanol–water partition coefficient (Wildman–Crippen LogP) is 3.08. The van der Waals surface area contributed by atoms with Crippen molar-refractivity contribution in [1.29, 1.82) is 0 Å². The highest BCUT2D eigenvalue weighted by atomic mass is 16.1. The second-order valence-electron chi connectivity index (χ2n) is 4.73. The van der Waals surface area contributed by atoms with Crippen molar-refractivity contribution < 1.29 is 4.79 Å². The van der Waals surface area contributed by atoms with E-state index in [1.165, 1.54) is 18.4 Å². The van der Waals surface area contributed by atoms with Gasteiger partial charge in [0.1, 0.15) is 5.78 Å². The van der Waals surface area contributed by atoms with Crippen LogP contribution in [0.15, 0.2) is 18.3 Å². The van der Waals surface area contributed by atoms with E-state index in [0.717, 1.165) is 31.4 Å². The Morgan fingerprint density at radius 1 is 1.38 bits per heavy atom. The highest BCUT2D eigenvalue weighted by molar-refractivity contribution is 5.81. The molecule has 2 heteroatoms. The Hall–Kier alpha value is -1.18. The number of ketones is 1. The van der Waals surface area contributed by atoms with Gasteiger partial charge in [0.15, 0.2) is 0 Å². The average molecular weight is 217 g/mol. The van der Waals surface area contributed by atoms with Gasteiger partial charge in [0.2, 0.25) is 0 Å². The van der Waals surface area contributed by atoms with E-state index < -0.39 is 0 Å². The number of aromatic nitrogens is 1. The molecule has 1 atom stereocenters. The largest absolute Gasteiger partial charge is 0.299 e. The molecular formula is C14H19NO. The number of Topliss-reactive ketones (excluding diaryl/α,β-unsaturated/α-hetero) is 1. The summed E-state index contributed by atoms with van der Waals surface area (Å²) in [5.74, 6) is 0.665. The van der Waals surface area contributed by atoms with Gasteiger partial charge in [0.05, 0.1) is 0 Å². The Bertz CT molecular complexity index is 373. The van der Waals surface area contributed by atoms with Crippen molar-refractivity contribution in [2.75, 3.05) is 0 Å². The van der Waals surface area contributed by atoms with Crippen molar-refractivity contribution in [2.24, 2.45) is 5.92 Å². The first-order valence-corrected chi connectivity index (χ1v) is 6.20. The van der Waals surface area contributed by atoms with Gasteiger partial charge in [-0.2, -0.15) is 0 Å². The topological polar surface area (TPSA) is 30.0 Å². The van der Waals surface area contributed by atoms with Crippen LogP contribution >= 0.6 is 0 Å². The third-order valence-corrected chi connectivity index (χ3v) is 3.49. The lowest BCUT2D eigenvalue weighted by atomic mass is 9.92. The normalized spacial score (nSPS) is 21.8. The molecule has 1 aromatic heterocycles. The summed E-state index contributed by atoms with van der Waals surface area (Å²) in [6.45, 7) is 2.07. The molecular weight excluding hydrogens is 198 g/mol. The van der Waals surface area contributed by atoms with Gasteiger partial charge in [-0.1, -0.05) is 18.9 Å². The molecule has 2 nitrogen and oxygen atoms in total. The van der Waals surface area contributed by atoms with Crippen molar-refractivity contribution in [1.82, 2.24) is 4.98 Å². The maximum absolute atomic E-state index is 11.9. The highest BCUT2D eigenvalue weighted by Crippen LogP contribution is 2.23. The van der Waals surface area contributed by atoms with Crippen molar-refractivity contribution in [3.05, 3.63) is 29.6 Å². The minimum Gasteiger partial charge on any atom is -0.299 e. The van der Waals surface area contributed by atoms with Crippen LogP contribution in [0.5, 0.6) is 0 Å². The molecule has 1 saturated carbocycles. The van der Waals surface area contributed by atoms with E-state index in [9.17, 15) is 4.79 Å². The molecule has 0 spiro atoms. The lowest BCUT2D eigenvalue weighted by Crippen LogP contribution is -2.16. The van der Waals surface area contributed by atoms with Gasteiger partial charge in [0.25, 0.3) is 0 Å². The van der Waals surface area contributed by atoms with E-state index in [-0.39, 0.29) is 5.92 Å². The monoisotopic (exact) mass is 217 g/mol. The van der Waals surface area contributed by atoms with Crippen LogP contribution in [0.1, 0.15) is 43.4 Å². The second kappa shape index (κ2) is 5.24. The minimum absolute atomic E-state index is 0.219. The molecule has 0 N–H and O–H groups in total. The molecule has 1 fully saturated rings. The van der Waals surface area contributed by atoms with E-state index in [1.54, 1.807) is 0 Å². The summed E-state index contributed by atoms with van der Waals surface area (Å²) in [6.07, 6.45) is 7.97. The fourth-order valence-corrected chi connectivity index (χ4v) is 2.41. The Kier molecular flexibility index (Phi) is 3.70. The summed E-state index contributed by atoms with van der Waals surface area (Å²) in [7, 11) is 0. The molecule has 0 amide bonds. The van der Waals surface area contributed by atoms with Crippen molar-refractivity contribution in [3.63, 3.8) is 0 Å².